The van der Waals surface area contributed by atoms with Gasteiger partial charge in [0, 0.05) is 0 Å². The van der Waals surface area contributed by atoms with E-state index in [2.05, 4.69) is 4.72 Å². The van der Waals surface area contributed by atoms with Crippen LogP contribution in [0, 0.1) is 18.6 Å². The molecule has 1 aromatic heterocycles. The number of ketones is 1. The van der Waals surface area contributed by atoms with Crippen molar-refractivity contribution < 1.29 is 35.9 Å². The fourth-order valence-corrected chi connectivity index (χ4v) is 3.67. The van der Waals surface area contributed by atoms with E-state index in [1.807, 2.05) is 0 Å². The number of hydrogen-bond donors (Lipinski definition) is 1. The van der Waals surface area contributed by atoms with Gasteiger partial charge in [-0.15, -0.1) is 0 Å². The van der Waals surface area contributed by atoms with Crippen LogP contribution in [-0.2, 0) is 21.3 Å². The summed E-state index contributed by atoms with van der Waals surface area (Å²) in [4.78, 5) is 24.3. The van der Waals surface area contributed by atoms with Gasteiger partial charge in [-0.25, -0.2) is 26.7 Å². The molecule has 0 atom stereocenters. The number of esters is 1. The molecule has 2 aromatic carbocycles. The minimum absolute atomic E-state index is 0.0866. The topological polar surface area (TPSA) is 103 Å². The minimum atomic E-state index is -3.97. The first kappa shape index (κ1) is 22.3. The van der Waals surface area contributed by atoms with Crippen LogP contribution in [0.25, 0.3) is 0 Å². The van der Waals surface area contributed by atoms with Crippen molar-refractivity contribution in [3.05, 3.63) is 88.9 Å². The quantitative estimate of drug-likeness (QED) is 0.418. The van der Waals surface area contributed by atoms with Crippen LogP contribution in [0.2, 0.25) is 0 Å². The highest BCUT2D eigenvalue weighted by molar-refractivity contribution is 7.89. The van der Waals surface area contributed by atoms with Gasteiger partial charge in [-0.1, -0.05) is 6.07 Å². The van der Waals surface area contributed by atoms with Crippen molar-refractivity contribution in [3.8, 4) is 0 Å². The van der Waals surface area contributed by atoms with Gasteiger partial charge in [0.05, 0.1) is 28.8 Å². The number of furan rings is 1. The number of hydrogen-bond acceptors (Lipinski definition) is 6. The van der Waals surface area contributed by atoms with Crippen LogP contribution in [0.5, 0.6) is 0 Å². The van der Waals surface area contributed by atoms with Crippen molar-refractivity contribution in [2.45, 2.75) is 18.4 Å². The molecule has 0 bridgehead atoms. The van der Waals surface area contributed by atoms with Gasteiger partial charge in [-0.2, -0.15) is 0 Å². The minimum Gasteiger partial charge on any atom is -0.468 e. The lowest BCUT2D eigenvalue weighted by molar-refractivity contribution is 0.0472. The Morgan fingerprint density at radius 1 is 1.06 bits per heavy atom. The summed E-state index contributed by atoms with van der Waals surface area (Å²) in [5, 5.41) is 0. The van der Waals surface area contributed by atoms with Crippen molar-refractivity contribution in [2.24, 2.45) is 0 Å². The highest BCUT2D eigenvalue weighted by atomic mass is 32.2. The standard InChI is InChI=1S/C21H17F2NO6S/c1-13-4-6-16(31(27,28)24-11-15-3-2-8-29-15)10-17(13)21(26)30-12-20(25)18-9-14(22)5-7-19(18)23/h2-10,24H,11-12H2,1H3. The number of rotatable bonds is 8. The van der Waals surface area contributed by atoms with Gasteiger partial charge in [-0.3, -0.25) is 4.79 Å². The average Bonchev–Trinajstić information content (AvgIpc) is 3.26. The molecule has 0 aliphatic carbocycles. The van der Waals surface area contributed by atoms with Crippen LogP contribution in [0.3, 0.4) is 0 Å². The van der Waals surface area contributed by atoms with E-state index < -0.39 is 45.6 Å². The maximum atomic E-state index is 13.7. The molecule has 162 valence electrons. The predicted molar refractivity (Wildman–Crippen MR) is 105 cm³/mol. The van der Waals surface area contributed by atoms with Crippen molar-refractivity contribution in [1.29, 1.82) is 0 Å². The average molecular weight is 449 g/mol. The van der Waals surface area contributed by atoms with E-state index in [1.54, 1.807) is 19.1 Å². The van der Waals surface area contributed by atoms with Crippen LogP contribution in [-0.4, -0.2) is 26.8 Å². The summed E-state index contributed by atoms with van der Waals surface area (Å²) in [5.74, 6) is -3.28. The number of sulfonamides is 1. The van der Waals surface area contributed by atoms with Crippen molar-refractivity contribution >= 4 is 21.8 Å². The Hall–Kier alpha value is -3.37. The lowest BCUT2D eigenvalue weighted by Gasteiger charge is -2.10. The number of Topliss-reactive ketones (excluding diaryl/α,β-unsaturated/α-hetero) is 1. The second-order valence-electron chi connectivity index (χ2n) is 6.50. The van der Waals surface area contributed by atoms with Gasteiger partial charge in [0.1, 0.15) is 17.4 Å². The van der Waals surface area contributed by atoms with Gasteiger partial charge in [0.15, 0.2) is 6.61 Å². The summed E-state index contributed by atoms with van der Waals surface area (Å²) in [5.41, 5.74) is -0.240. The molecule has 1 heterocycles. The summed E-state index contributed by atoms with van der Waals surface area (Å²) in [6.07, 6.45) is 1.40. The summed E-state index contributed by atoms with van der Waals surface area (Å²) >= 11 is 0. The number of carbonyl (C=O) groups excluding carboxylic acids is 2. The first-order valence-electron chi connectivity index (χ1n) is 8.95. The van der Waals surface area contributed by atoms with Gasteiger partial charge < -0.3 is 9.15 Å². The molecule has 0 radical (unpaired) electrons. The molecule has 7 nitrogen and oxygen atoms in total. The zero-order chi connectivity index (χ0) is 22.6. The van der Waals surface area contributed by atoms with Crippen LogP contribution < -0.4 is 4.72 Å². The van der Waals surface area contributed by atoms with Gasteiger partial charge in [-0.05, 0) is 55.0 Å². The number of nitrogens with one attached hydrogen (secondary N) is 1. The normalized spacial score (nSPS) is 11.3. The van der Waals surface area contributed by atoms with E-state index >= 15 is 0 Å². The van der Waals surface area contributed by atoms with Gasteiger partial charge >= 0.3 is 5.97 Å². The van der Waals surface area contributed by atoms with Crippen molar-refractivity contribution in [2.75, 3.05) is 6.61 Å². The molecule has 3 aromatic rings. The number of carbonyl (C=O) groups is 2. The fourth-order valence-electron chi connectivity index (χ4n) is 2.65. The smallest absolute Gasteiger partial charge is 0.338 e. The summed E-state index contributed by atoms with van der Waals surface area (Å²) in [6.45, 7) is 0.625. The molecule has 31 heavy (non-hydrogen) atoms. The Morgan fingerprint density at radius 2 is 1.84 bits per heavy atom. The zero-order valence-electron chi connectivity index (χ0n) is 16.2. The second kappa shape index (κ2) is 9.19. The van der Waals surface area contributed by atoms with E-state index in [0.717, 1.165) is 18.2 Å². The molecule has 0 fully saturated rings. The van der Waals surface area contributed by atoms with Crippen LogP contribution in [0.1, 0.15) is 32.0 Å². The number of halogens is 2. The Kier molecular flexibility index (Phi) is 6.62. The van der Waals surface area contributed by atoms with Crippen molar-refractivity contribution in [3.63, 3.8) is 0 Å². The first-order chi connectivity index (χ1) is 14.7. The summed E-state index contributed by atoms with van der Waals surface area (Å²) in [7, 11) is -3.97. The Labute approximate surface area is 176 Å². The van der Waals surface area contributed by atoms with Gasteiger partial charge in [0.2, 0.25) is 15.8 Å². The zero-order valence-corrected chi connectivity index (χ0v) is 17.0. The highest BCUT2D eigenvalue weighted by Gasteiger charge is 2.21. The number of aryl methyl sites for hydroxylation is 1. The van der Waals surface area contributed by atoms with E-state index in [0.29, 0.717) is 17.4 Å². The molecule has 3 rings (SSSR count). The molecule has 0 saturated heterocycles. The summed E-state index contributed by atoms with van der Waals surface area (Å²) < 4.78 is 64.2. The third-order valence-corrected chi connectivity index (χ3v) is 5.72. The highest BCUT2D eigenvalue weighted by Crippen LogP contribution is 2.18. The third-order valence-electron chi connectivity index (χ3n) is 4.32. The molecular formula is C21H17F2NO6S. The van der Waals surface area contributed by atoms with Crippen LogP contribution in [0.4, 0.5) is 8.78 Å². The largest absolute Gasteiger partial charge is 0.468 e. The van der Waals surface area contributed by atoms with E-state index in [-0.39, 0.29) is 17.0 Å². The molecule has 0 amide bonds. The number of benzene rings is 2. The Balaban J connectivity index is 1.72. The molecule has 0 saturated carbocycles. The molecule has 0 aliphatic rings. The van der Waals surface area contributed by atoms with Crippen LogP contribution >= 0.6 is 0 Å². The van der Waals surface area contributed by atoms with E-state index in [9.17, 15) is 26.8 Å². The van der Waals surface area contributed by atoms with E-state index in [4.69, 9.17) is 9.15 Å². The predicted octanol–water partition coefficient (Wildman–Crippen LogP) is 3.38. The van der Waals surface area contributed by atoms with E-state index in [1.165, 1.54) is 18.4 Å². The first-order valence-corrected chi connectivity index (χ1v) is 10.4. The third kappa shape index (κ3) is 5.41. The van der Waals surface area contributed by atoms with Crippen molar-refractivity contribution in [1.82, 2.24) is 4.72 Å². The van der Waals surface area contributed by atoms with Crippen LogP contribution in [0.15, 0.2) is 64.1 Å². The Bertz CT molecular complexity index is 1220. The molecule has 0 aliphatic heterocycles. The molecule has 0 unspecified atom stereocenters. The SMILES string of the molecule is Cc1ccc(S(=O)(=O)NCc2ccco2)cc1C(=O)OCC(=O)c1cc(F)ccc1F. The monoisotopic (exact) mass is 449 g/mol. The number of ether oxygens (including phenoxy) is 1. The maximum absolute atomic E-state index is 13.7. The summed E-state index contributed by atoms with van der Waals surface area (Å²) in [6, 6.07) is 9.38. The lowest BCUT2D eigenvalue weighted by Crippen LogP contribution is -2.23. The molecule has 1 N–H and O–H groups in total. The lowest BCUT2D eigenvalue weighted by atomic mass is 10.1. The molecule has 0 spiro atoms. The fraction of sp³-hybridized carbons (Fsp3) is 0.143. The second-order valence-corrected chi connectivity index (χ2v) is 8.27. The molecular weight excluding hydrogens is 432 g/mol. The maximum Gasteiger partial charge on any atom is 0.338 e. The van der Waals surface area contributed by atoms with Gasteiger partial charge in [0.25, 0.3) is 0 Å². The Morgan fingerprint density at radius 3 is 2.55 bits per heavy atom. The molecule has 10 heteroatoms.